The molecule has 2 aromatic carbocycles. The molecule has 1 amide bonds. The SMILES string of the molecule is CC(C)(C)OC(=O)N1CCC(COCCc2cc(C3CC3)cc3nccnc23)(c2ccc(F)cc2)CC1. The number of halogens is 1. The molecule has 0 N–H and O–H groups in total. The zero-order valence-corrected chi connectivity index (χ0v) is 22.0. The largest absolute Gasteiger partial charge is 0.444 e. The molecule has 0 spiro atoms. The predicted octanol–water partition coefficient (Wildman–Crippen LogP) is 6.17. The van der Waals surface area contributed by atoms with Gasteiger partial charge in [-0.15, -0.1) is 0 Å². The van der Waals surface area contributed by atoms with Gasteiger partial charge in [0.05, 0.1) is 24.2 Å². The molecule has 37 heavy (non-hydrogen) atoms. The molecular weight excluding hydrogens is 469 g/mol. The topological polar surface area (TPSA) is 64.5 Å². The van der Waals surface area contributed by atoms with Crippen molar-refractivity contribution in [2.24, 2.45) is 0 Å². The first kappa shape index (κ1) is 25.6. The van der Waals surface area contributed by atoms with Crippen LogP contribution in [0.4, 0.5) is 9.18 Å². The number of fused-ring (bicyclic) bond motifs is 1. The number of hydrogen-bond donors (Lipinski definition) is 0. The maximum absolute atomic E-state index is 13.7. The smallest absolute Gasteiger partial charge is 0.410 e. The van der Waals surface area contributed by atoms with E-state index in [2.05, 4.69) is 22.1 Å². The summed E-state index contributed by atoms with van der Waals surface area (Å²) in [5.41, 5.74) is 4.63. The van der Waals surface area contributed by atoms with Crippen molar-refractivity contribution in [1.29, 1.82) is 0 Å². The summed E-state index contributed by atoms with van der Waals surface area (Å²) < 4.78 is 25.6. The van der Waals surface area contributed by atoms with E-state index in [1.807, 2.05) is 32.9 Å². The summed E-state index contributed by atoms with van der Waals surface area (Å²) in [6, 6.07) is 11.2. The number of aromatic nitrogens is 2. The monoisotopic (exact) mass is 505 g/mol. The van der Waals surface area contributed by atoms with Crippen LogP contribution in [0.1, 0.15) is 69.1 Å². The number of carbonyl (C=O) groups excluding carboxylic acids is 1. The Morgan fingerprint density at radius 1 is 1.08 bits per heavy atom. The van der Waals surface area contributed by atoms with Crippen molar-refractivity contribution in [3.8, 4) is 0 Å². The Labute approximate surface area is 218 Å². The van der Waals surface area contributed by atoms with Crippen molar-refractivity contribution >= 4 is 17.1 Å². The summed E-state index contributed by atoms with van der Waals surface area (Å²) in [4.78, 5) is 23.5. The minimum atomic E-state index is -0.531. The molecule has 0 bridgehead atoms. The fourth-order valence-corrected chi connectivity index (χ4v) is 5.23. The number of benzene rings is 2. The van der Waals surface area contributed by atoms with Crippen LogP contribution in [0, 0.1) is 5.82 Å². The summed E-state index contributed by atoms with van der Waals surface area (Å²) in [6.45, 7) is 7.83. The van der Waals surface area contributed by atoms with Gasteiger partial charge < -0.3 is 14.4 Å². The van der Waals surface area contributed by atoms with E-state index in [1.54, 1.807) is 17.3 Å². The number of amides is 1. The van der Waals surface area contributed by atoms with Crippen molar-refractivity contribution in [3.63, 3.8) is 0 Å². The van der Waals surface area contributed by atoms with Gasteiger partial charge in [0.1, 0.15) is 11.4 Å². The quantitative estimate of drug-likeness (QED) is 0.359. The lowest BCUT2D eigenvalue weighted by atomic mass is 9.73. The number of piperidine rings is 1. The fraction of sp³-hybridized carbons (Fsp3) is 0.500. The molecule has 2 aliphatic rings. The van der Waals surface area contributed by atoms with Gasteiger partial charge in [-0.2, -0.15) is 0 Å². The highest BCUT2D eigenvalue weighted by molar-refractivity contribution is 5.79. The van der Waals surface area contributed by atoms with E-state index < -0.39 is 5.60 Å². The first-order valence-corrected chi connectivity index (χ1v) is 13.3. The Morgan fingerprint density at radius 3 is 2.46 bits per heavy atom. The van der Waals surface area contributed by atoms with Gasteiger partial charge in [-0.1, -0.05) is 18.2 Å². The second-order valence-corrected chi connectivity index (χ2v) is 11.4. The predicted molar refractivity (Wildman–Crippen MR) is 141 cm³/mol. The molecule has 1 saturated carbocycles. The van der Waals surface area contributed by atoms with E-state index in [4.69, 9.17) is 9.47 Å². The zero-order chi connectivity index (χ0) is 26.0. The average Bonchev–Trinajstić information content (AvgIpc) is 3.72. The maximum Gasteiger partial charge on any atom is 0.410 e. The molecule has 1 aliphatic heterocycles. The first-order chi connectivity index (χ1) is 17.7. The molecule has 0 radical (unpaired) electrons. The Hall–Kier alpha value is -3.06. The molecule has 196 valence electrons. The van der Waals surface area contributed by atoms with Gasteiger partial charge in [-0.05, 0) is 93.7 Å². The van der Waals surface area contributed by atoms with Crippen LogP contribution in [-0.2, 0) is 21.3 Å². The van der Waals surface area contributed by atoms with E-state index in [0.717, 1.165) is 35.9 Å². The number of hydrogen-bond acceptors (Lipinski definition) is 5. The second-order valence-electron chi connectivity index (χ2n) is 11.4. The highest BCUT2D eigenvalue weighted by atomic mass is 19.1. The molecule has 0 unspecified atom stereocenters. The number of carbonyl (C=O) groups is 1. The van der Waals surface area contributed by atoms with E-state index in [9.17, 15) is 9.18 Å². The van der Waals surface area contributed by atoms with Crippen LogP contribution in [0.5, 0.6) is 0 Å². The third-order valence-electron chi connectivity index (χ3n) is 7.45. The lowest BCUT2D eigenvalue weighted by Gasteiger charge is -2.42. The van der Waals surface area contributed by atoms with Crippen molar-refractivity contribution in [3.05, 3.63) is 71.3 Å². The molecule has 1 aliphatic carbocycles. The highest BCUT2D eigenvalue weighted by Crippen LogP contribution is 2.41. The Bertz CT molecular complexity index is 1240. The van der Waals surface area contributed by atoms with Gasteiger partial charge in [0.15, 0.2) is 0 Å². The standard InChI is InChI=1S/C30H36FN3O3/c1-29(2,3)37-28(35)34-15-11-30(12-16-34,24-6-8-25(31)9-7-24)20-36-17-10-22-18-23(21-4-5-21)19-26-27(22)33-14-13-32-26/h6-9,13-14,18-19,21H,4-5,10-12,15-17,20H2,1-3H3. The van der Waals surface area contributed by atoms with Crippen LogP contribution in [0.2, 0.25) is 0 Å². The van der Waals surface area contributed by atoms with Crippen molar-refractivity contribution in [2.45, 2.75) is 69.8 Å². The number of nitrogens with zero attached hydrogens (tertiary/aromatic N) is 3. The highest BCUT2D eigenvalue weighted by Gasteiger charge is 2.39. The summed E-state index contributed by atoms with van der Waals surface area (Å²) >= 11 is 0. The van der Waals surface area contributed by atoms with Crippen molar-refractivity contribution in [1.82, 2.24) is 14.9 Å². The average molecular weight is 506 g/mol. The van der Waals surface area contributed by atoms with Gasteiger partial charge >= 0.3 is 6.09 Å². The van der Waals surface area contributed by atoms with E-state index in [-0.39, 0.29) is 17.3 Å². The normalized spacial score (nSPS) is 17.7. The number of rotatable bonds is 7. The number of ether oxygens (including phenoxy) is 2. The molecule has 0 atom stereocenters. The minimum absolute atomic E-state index is 0.255. The van der Waals surface area contributed by atoms with Crippen LogP contribution in [0.3, 0.4) is 0 Å². The molecular formula is C30H36FN3O3. The molecule has 7 heteroatoms. The summed E-state index contributed by atoms with van der Waals surface area (Å²) in [7, 11) is 0. The van der Waals surface area contributed by atoms with Crippen LogP contribution < -0.4 is 0 Å². The number of likely N-dealkylation sites (tertiary alicyclic amines) is 1. The minimum Gasteiger partial charge on any atom is -0.444 e. The molecule has 3 aromatic rings. The van der Waals surface area contributed by atoms with Crippen molar-refractivity contribution in [2.75, 3.05) is 26.3 Å². The summed E-state index contributed by atoms with van der Waals surface area (Å²) in [6.07, 6.45) is 7.88. The van der Waals surface area contributed by atoms with E-state index >= 15 is 0 Å². The van der Waals surface area contributed by atoms with Gasteiger partial charge in [-0.3, -0.25) is 9.97 Å². The lowest BCUT2D eigenvalue weighted by Crippen LogP contribution is -2.48. The summed E-state index contributed by atoms with van der Waals surface area (Å²) in [5, 5.41) is 0. The first-order valence-electron chi connectivity index (χ1n) is 13.3. The van der Waals surface area contributed by atoms with Gasteiger partial charge in [0.2, 0.25) is 0 Å². The molecule has 6 nitrogen and oxygen atoms in total. The Balaban J connectivity index is 1.27. The molecule has 1 aromatic heterocycles. The maximum atomic E-state index is 13.7. The van der Waals surface area contributed by atoms with Gasteiger partial charge in [0, 0.05) is 30.9 Å². The fourth-order valence-electron chi connectivity index (χ4n) is 5.23. The van der Waals surface area contributed by atoms with Crippen molar-refractivity contribution < 1.29 is 18.7 Å². The molecule has 1 saturated heterocycles. The van der Waals surface area contributed by atoms with E-state index in [0.29, 0.717) is 32.2 Å². The molecule has 5 rings (SSSR count). The second kappa shape index (κ2) is 10.4. The van der Waals surface area contributed by atoms with E-state index in [1.165, 1.54) is 36.1 Å². The summed E-state index contributed by atoms with van der Waals surface area (Å²) in [5.74, 6) is 0.387. The third-order valence-corrected chi connectivity index (χ3v) is 7.45. The van der Waals surface area contributed by atoms with Crippen LogP contribution in [0.25, 0.3) is 11.0 Å². The van der Waals surface area contributed by atoms with Crippen LogP contribution in [0.15, 0.2) is 48.8 Å². The van der Waals surface area contributed by atoms with Crippen LogP contribution >= 0.6 is 0 Å². The molecule has 2 fully saturated rings. The van der Waals surface area contributed by atoms with Gasteiger partial charge in [0.25, 0.3) is 0 Å². The Morgan fingerprint density at radius 2 is 1.78 bits per heavy atom. The van der Waals surface area contributed by atoms with Crippen LogP contribution in [-0.4, -0.2) is 52.9 Å². The Kier molecular flexibility index (Phi) is 7.17. The third kappa shape index (κ3) is 6.09. The lowest BCUT2D eigenvalue weighted by molar-refractivity contribution is 0.00566. The molecule has 2 heterocycles. The zero-order valence-electron chi connectivity index (χ0n) is 22.0. The van der Waals surface area contributed by atoms with Gasteiger partial charge in [-0.25, -0.2) is 9.18 Å².